The first-order valence-corrected chi connectivity index (χ1v) is 4.48. The Morgan fingerprint density at radius 2 is 2.08 bits per heavy atom. The number of Topliss-reactive ketones (excluding diaryl/α,β-unsaturated/α-hetero) is 1. The van der Waals surface area contributed by atoms with Gasteiger partial charge in [-0.05, 0) is 6.42 Å². The van der Waals surface area contributed by atoms with Crippen molar-refractivity contribution in [1.29, 1.82) is 0 Å². The lowest BCUT2D eigenvalue weighted by atomic mass is 10.2. The van der Waals surface area contributed by atoms with E-state index >= 15 is 0 Å². The second-order valence-corrected chi connectivity index (χ2v) is 2.73. The zero-order chi connectivity index (χ0) is 9.23. The summed E-state index contributed by atoms with van der Waals surface area (Å²) in [7, 11) is 0. The standard InChI is InChI=1S/C10H17NO/c1-2-3-4-5-6-7-8-10(12)9-11/h2-5,8-9,11H2,1H3. The fourth-order valence-electron chi connectivity index (χ4n) is 0.785. The molecule has 0 bridgehead atoms. The number of hydrogen-bond donors (Lipinski definition) is 1. The van der Waals surface area contributed by atoms with Crippen molar-refractivity contribution in [1.82, 2.24) is 0 Å². The van der Waals surface area contributed by atoms with E-state index in [-0.39, 0.29) is 12.3 Å². The highest BCUT2D eigenvalue weighted by Crippen LogP contribution is 1.96. The van der Waals surface area contributed by atoms with E-state index in [1.54, 1.807) is 0 Å². The van der Waals surface area contributed by atoms with Crippen molar-refractivity contribution in [2.45, 2.75) is 39.0 Å². The van der Waals surface area contributed by atoms with Gasteiger partial charge in [-0.2, -0.15) is 0 Å². The minimum atomic E-state index is 0.0259. The first-order valence-electron chi connectivity index (χ1n) is 4.48. The third-order valence-electron chi connectivity index (χ3n) is 1.54. The predicted molar refractivity (Wildman–Crippen MR) is 50.6 cm³/mol. The van der Waals surface area contributed by atoms with E-state index < -0.39 is 0 Å². The van der Waals surface area contributed by atoms with E-state index in [0.29, 0.717) is 6.42 Å². The van der Waals surface area contributed by atoms with Crippen molar-refractivity contribution >= 4 is 5.78 Å². The van der Waals surface area contributed by atoms with Crippen molar-refractivity contribution < 1.29 is 4.79 Å². The highest BCUT2D eigenvalue weighted by Gasteiger charge is 1.91. The molecule has 0 aromatic heterocycles. The van der Waals surface area contributed by atoms with Crippen LogP contribution in [0.2, 0.25) is 0 Å². The number of nitrogens with two attached hydrogens (primary N) is 1. The molecule has 0 unspecified atom stereocenters. The van der Waals surface area contributed by atoms with Gasteiger partial charge in [0, 0.05) is 6.42 Å². The van der Waals surface area contributed by atoms with Crippen LogP contribution in [-0.4, -0.2) is 12.3 Å². The summed E-state index contributed by atoms with van der Waals surface area (Å²) >= 11 is 0. The van der Waals surface area contributed by atoms with Crippen LogP contribution in [0.25, 0.3) is 0 Å². The number of rotatable bonds is 5. The van der Waals surface area contributed by atoms with Crippen molar-refractivity contribution in [2.75, 3.05) is 6.54 Å². The van der Waals surface area contributed by atoms with Gasteiger partial charge in [-0.3, -0.25) is 4.79 Å². The van der Waals surface area contributed by atoms with Crippen LogP contribution < -0.4 is 5.73 Å². The van der Waals surface area contributed by atoms with Crippen LogP contribution in [0.4, 0.5) is 0 Å². The maximum atomic E-state index is 10.7. The minimum Gasteiger partial charge on any atom is -0.324 e. The lowest BCUT2D eigenvalue weighted by Gasteiger charge is -1.88. The molecule has 0 aliphatic heterocycles. The quantitative estimate of drug-likeness (QED) is 0.498. The average molecular weight is 167 g/mol. The average Bonchev–Trinajstić information content (AvgIpc) is 2.10. The molecule has 0 rings (SSSR count). The molecule has 0 radical (unpaired) electrons. The van der Waals surface area contributed by atoms with Gasteiger partial charge in [-0.1, -0.05) is 25.7 Å². The molecular formula is C10H17NO. The zero-order valence-corrected chi connectivity index (χ0v) is 7.73. The molecule has 0 spiro atoms. The van der Waals surface area contributed by atoms with Crippen LogP contribution in [0.15, 0.2) is 0 Å². The molecule has 0 atom stereocenters. The van der Waals surface area contributed by atoms with Gasteiger partial charge in [0.15, 0.2) is 5.78 Å². The van der Waals surface area contributed by atoms with Crippen LogP contribution >= 0.6 is 0 Å². The molecule has 0 saturated heterocycles. The third-order valence-corrected chi connectivity index (χ3v) is 1.54. The summed E-state index contributed by atoms with van der Waals surface area (Å²) in [5, 5.41) is 0. The molecule has 0 aromatic rings. The first kappa shape index (κ1) is 11.2. The Bertz CT molecular complexity index is 176. The highest BCUT2D eigenvalue weighted by molar-refractivity contribution is 5.82. The Kier molecular flexibility index (Phi) is 7.73. The fourth-order valence-corrected chi connectivity index (χ4v) is 0.785. The van der Waals surface area contributed by atoms with Crippen molar-refractivity contribution in [2.24, 2.45) is 5.73 Å². The van der Waals surface area contributed by atoms with Gasteiger partial charge in [0.2, 0.25) is 0 Å². The Morgan fingerprint density at radius 3 is 2.67 bits per heavy atom. The van der Waals surface area contributed by atoms with Gasteiger partial charge in [0.25, 0.3) is 0 Å². The molecule has 0 heterocycles. The van der Waals surface area contributed by atoms with Gasteiger partial charge < -0.3 is 5.73 Å². The zero-order valence-electron chi connectivity index (χ0n) is 7.73. The summed E-state index contributed by atoms with van der Waals surface area (Å²) in [5.74, 6) is 5.80. The van der Waals surface area contributed by atoms with E-state index in [0.717, 1.165) is 12.8 Å². The summed E-state index contributed by atoms with van der Waals surface area (Å²) in [6.45, 7) is 2.27. The molecule has 0 amide bonds. The number of hydrogen-bond acceptors (Lipinski definition) is 2. The normalized spacial score (nSPS) is 8.83. The smallest absolute Gasteiger partial charge is 0.158 e. The van der Waals surface area contributed by atoms with E-state index in [9.17, 15) is 4.79 Å². The molecule has 0 saturated carbocycles. The number of carbonyl (C=O) groups excluding carboxylic acids is 1. The Labute approximate surface area is 74.5 Å². The minimum absolute atomic E-state index is 0.0259. The second-order valence-electron chi connectivity index (χ2n) is 2.73. The van der Waals surface area contributed by atoms with Crippen molar-refractivity contribution in [3.05, 3.63) is 0 Å². The summed E-state index contributed by atoms with van der Waals surface area (Å²) in [4.78, 5) is 10.7. The molecule has 0 aliphatic carbocycles. The Hall–Kier alpha value is -0.810. The van der Waals surface area contributed by atoms with Gasteiger partial charge in [0.05, 0.1) is 13.0 Å². The Morgan fingerprint density at radius 1 is 1.33 bits per heavy atom. The molecule has 2 nitrogen and oxygen atoms in total. The third kappa shape index (κ3) is 7.30. The molecular weight excluding hydrogens is 150 g/mol. The summed E-state index contributed by atoms with van der Waals surface area (Å²) in [5.41, 5.74) is 5.12. The van der Waals surface area contributed by atoms with Crippen LogP contribution in [0.5, 0.6) is 0 Å². The maximum Gasteiger partial charge on any atom is 0.158 e. The molecule has 68 valence electrons. The van der Waals surface area contributed by atoms with Crippen LogP contribution in [0.1, 0.15) is 39.0 Å². The van der Waals surface area contributed by atoms with Crippen molar-refractivity contribution in [3.8, 4) is 11.8 Å². The van der Waals surface area contributed by atoms with Crippen molar-refractivity contribution in [3.63, 3.8) is 0 Å². The summed E-state index contributed by atoms with van der Waals surface area (Å²) < 4.78 is 0. The fraction of sp³-hybridized carbons (Fsp3) is 0.700. The summed E-state index contributed by atoms with van der Waals surface area (Å²) in [6.07, 6.45) is 4.80. The summed E-state index contributed by atoms with van der Waals surface area (Å²) in [6, 6.07) is 0. The topological polar surface area (TPSA) is 43.1 Å². The largest absolute Gasteiger partial charge is 0.324 e. The SMILES string of the molecule is CCCCCC#CCC(=O)CN. The molecule has 0 fully saturated rings. The first-order chi connectivity index (χ1) is 5.81. The van der Waals surface area contributed by atoms with E-state index in [1.165, 1.54) is 12.8 Å². The number of carbonyl (C=O) groups is 1. The monoisotopic (exact) mass is 167 g/mol. The number of ketones is 1. The van der Waals surface area contributed by atoms with Gasteiger partial charge in [-0.25, -0.2) is 0 Å². The Balaban J connectivity index is 3.28. The van der Waals surface area contributed by atoms with Crippen LogP contribution in [0.3, 0.4) is 0 Å². The van der Waals surface area contributed by atoms with E-state index in [4.69, 9.17) is 5.73 Å². The predicted octanol–water partition coefficient (Wildman–Crippen LogP) is 1.49. The van der Waals surface area contributed by atoms with Crippen LogP contribution in [0, 0.1) is 11.8 Å². The molecule has 0 aliphatic rings. The van der Waals surface area contributed by atoms with Gasteiger partial charge in [0.1, 0.15) is 0 Å². The second kappa shape index (κ2) is 8.29. The molecule has 12 heavy (non-hydrogen) atoms. The highest BCUT2D eigenvalue weighted by atomic mass is 16.1. The van der Waals surface area contributed by atoms with Gasteiger partial charge >= 0.3 is 0 Å². The van der Waals surface area contributed by atoms with E-state index in [2.05, 4.69) is 18.8 Å². The van der Waals surface area contributed by atoms with Gasteiger partial charge in [-0.15, -0.1) is 5.92 Å². The molecule has 2 N–H and O–H groups in total. The number of unbranched alkanes of at least 4 members (excludes halogenated alkanes) is 3. The maximum absolute atomic E-state index is 10.7. The molecule has 2 heteroatoms. The van der Waals surface area contributed by atoms with E-state index in [1.807, 2.05) is 0 Å². The van der Waals surface area contributed by atoms with Crippen LogP contribution in [-0.2, 0) is 4.79 Å². The molecule has 0 aromatic carbocycles. The lowest BCUT2D eigenvalue weighted by Crippen LogP contribution is -2.11. The lowest BCUT2D eigenvalue weighted by molar-refractivity contribution is -0.116.